The number of hydrogen-bond acceptors (Lipinski definition) is 2. The lowest BCUT2D eigenvalue weighted by atomic mass is 9.77. The van der Waals surface area contributed by atoms with Crippen molar-refractivity contribution in [3.63, 3.8) is 0 Å². The van der Waals surface area contributed by atoms with Gasteiger partial charge in [-0.15, -0.1) is 0 Å². The number of halogens is 1. The van der Waals surface area contributed by atoms with Crippen molar-refractivity contribution in [2.24, 2.45) is 0 Å². The predicted molar refractivity (Wildman–Crippen MR) is 87.8 cm³/mol. The molecule has 1 aliphatic rings. The van der Waals surface area contributed by atoms with Crippen molar-refractivity contribution in [3.05, 3.63) is 63.6 Å². The second-order valence-corrected chi connectivity index (χ2v) is 6.46. The Morgan fingerprint density at radius 3 is 2.57 bits per heavy atom. The SMILES string of the molecule is COc1cc(Br)ccc1C(O)c1ccccc1C1CCC1. The van der Waals surface area contributed by atoms with Crippen LogP contribution >= 0.6 is 15.9 Å². The molecule has 110 valence electrons. The van der Waals surface area contributed by atoms with E-state index in [0.29, 0.717) is 11.7 Å². The lowest BCUT2D eigenvalue weighted by molar-refractivity contribution is 0.211. The third-order valence-electron chi connectivity index (χ3n) is 4.33. The van der Waals surface area contributed by atoms with Gasteiger partial charge in [-0.3, -0.25) is 0 Å². The van der Waals surface area contributed by atoms with Gasteiger partial charge in [0.25, 0.3) is 0 Å². The smallest absolute Gasteiger partial charge is 0.126 e. The van der Waals surface area contributed by atoms with Gasteiger partial charge in [0.05, 0.1) is 7.11 Å². The second kappa shape index (κ2) is 6.20. The molecule has 1 fully saturated rings. The van der Waals surface area contributed by atoms with E-state index in [4.69, 9.17) is 4.74 Å². The molecule has 1 atom stereocenters. The van der Waals surface area contributed by atoms with Crippen LogP contribution in [0.3, 0.4) is 0 Å². The molecular weight excluding hydrogens is 328 g/mol. The van der Waals surface area contributed by atoms with E-state index in [1.807, 2.05) is 30.3 Å². The van der Waals surface area contributed by atoms with Gasteiger partial charge < -0.3 is 9.84 Å². The van der Waals surface area contributed by atoms with E-state index in [9.17, 15) is 5.11 Å². The van der Waals surface area contributed by atoms with Gasteiger partial charge in [0.15, 0.2) is 0 Å². The van der Waals surface area contributed by atoms with Gasteiger partial charge in [0.1, 0.15) is 11.9 Å². The summed E-state index contributed by atoms with van der Waals surface area (Å²) in [6.45, 7) is 0. The quantitative estimate of drug-likeness (QED) is 0.860. The van der Waals surface area contributed by atoms with Crippen LogP contribution in [0, 0.1) is 0 Å². The second-order valence-electron chi connectivity index (χ2n) is 5.55. The molecule has 0 aromatic heterocycles. The highest BCUT2D eigenvalue weighted by Gasteiger charge is 2.25. The molecule has 0 radical (unpaired) electrons. The Hall–Kier alpha value is -1.32. The van der Waals surface area contributed by atoms with Crippen LogP contribution in [0.25, 0.3) is 0 Å². The van der Waals surface area contributed by atoms with Crippen molar-refractivity contribution in [2.75, 3.05) is 7.11 Å². The molecule has 2 aromatic carbocycles. The Morgan fingerprint density at radius 1 is 1.14 bits per heavy atom. The van der Waals surface area contributed by atoms with Crippen molar-refractivity contribution in [1.82, 2.24) is 0 Å². The average Bonchev–Trinajstić information content (AvgIpc) is 2.45. The molecule has 2 nitrogen and oxygen atoms in total. The molecule has 0 aliphatic heterocycles. The largest absolute Gasteiger partial charge is 0.496 e. The minimum absolute atomic E-state index is 0.595. The van der Waals surface area contributed by atoms with Gasteiger partial charge in [0, 0.05) is 10.0 Å². The van der Waals surface area contributed by atoms with E-state index in [-0.39, 0.29) is 0 Å². The van der Waals surface area contributed by atoms with Crippen LogP contribution in [-0.2, 0) is 0 Å². The minimum atomic E-state index is -0.648. The molecule has 0 heterocycles. The first-order valence-electron chi connectivity index (χ1n) is 7.31. The molecule has 1 aliphatic carbocycles. The summed E-state index contributed by atoms with van der Waals surface area (Å²) in [7, 11) is 1.63. The van der Waals surface area contributed by atoms with Crippen LogP contribution in [0.4, 0.5) is 0 Å². The van der Waals surface area contributed by atoms with Gasteiger partial charge in [-0.25, -0.2) is 0 Å². The maximum Gasteiger partial charge on any atom is 0.126 e. The Balaban J connectivity index is 2.00. The number of methoxy groups -OCH3 is 1. The molecule has 1 unspecified atom stereocenters. The summed E-state index contributed by atoms with van der Waals surface area (Å²) in [6.07, 6.45) is 3.09. The fourth-order valence-corrected chi connectivity index (χ4v) is 3.27. The molecule has 21 heavy (non-hydrogen) atoms. The van der Waals surface area contributed by atoms with Crippen LogP contribution in [-0.4, -0.2) is 12.2 Å². The zero-order valence-corrected chi connectivity index (χ0v) is 13.6. The molecule has 3 rings (SSSR count). The molecule has 0 spiro atoms. The first-order chi connectivity index (χ1) is 10.2. The summed E-state index contributed by atoms with van der Waals surface area (Å²) in [5, 5.41) is 10.8. The van der Waals surface area contributed by atoms with E-state index < -0.39 is 6.10 Å². The molecule has 3 heteroatoms. The van der Waals surface area contributed by atoms with Gasteiger partial charge in [0.2, 0.25) is 0 Å². The van der Waals surface area contributed by atoms with E-state index in [1.165, 1.54) is 24.8 Å². The van der Waals surface area contributed by atoms with Crippen molar-refractivity contribution >= 4 is 15.9 Å². The van der Waals surface area contributed by atoms with Crippen LogP contribution in [0.1, 0.15) is 48.0 Å². The monoisotopic (exact) mass is 346 g/mol. The van der Waals surface area contributed by atoms with E-state index in [0.717, 1.165) is 15.6 Å². The lowest BCUT2D eigenvalue weighted by Gasteiger charge is -2.29. The number of rotatable bonds is 4. The summed E-state index contributed by atoms with van der Waals surface area (Å²) in [6, 6.07) is 14.0. The third-order valence-corrected chi connectivity index (χ3v) is 4.82. The normalized spacial score (nSPS) is 16.3. The first kappa shape index (κ1) is 14.6. The maximum absolute atomic E-state index is 10.8. The highest BCUT2D eigenvalue weighted by Crippen LogP contribution is 2.41. The zero-order chi connectivity index (χ0) is 14.8. The number of hydrogen-bond donors (Lipinski definition) is 1. The van der Waals surface area contributed by atoms with Gasteiger partial charge in [-0.1, -0.05) is 52.7 Å². The molecule has 2 aromatic rings. The summed E-state index contributed by atoms with van der Waals surface area (Å²) >= 11 is 3.44. The fourth-order valence-electron chi connectivity index (χ4n) is 2.93. The van der Waals surface area contributed by atoms with E-state index in [2.05, 4.69) is 28.1 Å². The standard InChI is InChI=1S/C18H19BrO2/c1-21-17-11-13(19)9-10-16(17)18(20)15-8-3-2-7-14(15)12-5-4-6-12/h2-3,7-12,18,20H,4-6H2,1H3. The Bertz CT molecular complexity index is 635. The van der Waals surface area contributed by atoms with E-state index in [1.54, 1.807) is 7.11 Å². The van der Waals surface area contributed by atoms with Crippen LogP contribution < -0.4 is 4.74 Å². The summed E-state index contributed by atoms with van der Waals surface area (Å²) in [5.41, 5.74) is 3.09. The molecule has 0 bridgehead atoms. The van der Waals surface area contributed by atoms with Crippen LogP contribution in [0.2, 0.25) is 0 Å². The molecule has 0 saturated heterocycles. The first-order valence-corrected chi connectivity index (χ1v) is 8.10. The fraction of sp³-hybridized carbons (Fsp3) is 0.333. The number of aliphatic hydroxyl groups is 1. The van der Waals surface area contributed by atoms with Crippen molar-refractivity contribution in [3.8, 4) is 5.75 Å². The van der Waals surface area contributed by atoms with Crippen molar-refractivity contribution < 1.29 is 9.84 Å². The number of aliphatic hydroxyl groups excluding tert-OH is 1. The zero-order valence-electron chi connectivity index (χ0n) is 12.1. The molecule has 1 N–H and O–H groups in total. The van der Waals surface area contributed by atoms with E-state index >= 15 is 0 Å². The van der Waals surface area contributed by atoms with Gasteiger partial charge in [-0.2, -0.15) is 0 Å². The summed E-state index contributed by atoms with van der Waals surface area (Å²) in [5.74, 6) is 1.30. The predicted octanol–water partition coefficient (Wildman–Crippen LogP) is 4.81. The highest BCUT2D eigenvalue weighted by molar-refractivity contribution is 9.10. The van der Waals surface area contributed by atoms with Crippen molar-refractivity contribution in [1.29, 1.82) is 0 Å². The Labute approximate surface area is 133 Å². The summed E-state index contributed by atoms with van der Waals surface area (Å²) < 4.78 is 6.37. The Morgan fingerprint density at radius 2 is 1.90 bits per heavy atom. The van der Waals surface area contributed by atoms with Gasteiger partial charge in [-0.05, 0) is 42.0 Å². The number of benzene rings is 2. The van der Waals surface area contributed by atoms with Crippen LogP contribution in [0.5, 0.6) is 5.75 Å². The third kappa shape index (κ3) is 2.85. The number of ether oxygens (including phenoxy) is 1. The topological polar surface area (TPSA) is 29.5 Å². The maximum atomic E-state index is 10.8. The molecule has 1 saturated carbocycles. The average molecular weight is 347 g/mol. The molecular formula is C18H19BrO2. The molecule has 0 amide bonds. The highest BCUT2D eigenvalue weighted by atomic mass is 79.9. The van der Waals surface area contributed by atoms with Crippen molar-refractivity contribution in [2.45, 2.75) is 31.3 Å². The minimum Gasteiger partial charge on any atom is -0.496 e. The van der Waals surface area contributed by atoms with Crippen LogP contribution in [0.15, 0.2) is 46.9 Å². The van der Waals surface area contributed by atoms with Gasteiger partial charge >= 0.3 is 0 Å². The lowest BCUT2D eigenvalue weighted by Crippen LogP contribution is -2.14. The Kier molecular flexibility index (Phi) is 4.32. The summed E-state index contributed by atoms with van der Waals surface area (Å²) in [4.78, 5) is 0.